The number of nitrogens with zero attached hydrogens (tertiary/aromatic N) is 2. The van der Waals surface area contributed by atoms with Crippen LogP contribution in [0.2, 0.25) is 0 Å². The van der Waals surface area contributed by atoms with Crippen molar-refractivity contribution in [1.82, 2.24) is 4.90 Å². The summed E-state index contributed by atoms with van der Waals surface area (Å²) in [7, 11) is 7.08. The number of anilines is 1. The van der Waals surface area contributed by atoms with E-state index in [9.17, 15) is 29.7 Å². The van der Waals surface area contributed by atoms with E-state index in [2.05, 4.69) is 0 Å². The lowest BCUT2D eigenvalue weighted by atomic mass is 9.61. The first-order valence-electron chi connectivity index (χ1n) is 10.4. The van der Waals surface area contributed by atoms with Crippen LogP contribution in [0.1, 0.15) is 22.3 Å². The van der Waals surface area contributed by atoms with E-state index in [1.54, 1.807) is 25.1 Å². The van der Waals surface area contributed by atoms with E-state index in [1.807, 2.05) is 19.0 Å². The molecule has 4 rings (SSSR count). The van der Waals surface area contributed by atoms with E-state index in [0.29, 0.717) is 18.4 Å². The number of Topliss-reactive ketones (excluding diaryl/α,β-unsaturated/α-hetero) is 2. The van der Waals surface area contributed by atoms with Crippen molar-refractivity contribution in [1.29, 1.82) is 0 Å². The van der Waals surface area contributed by atoms with E-state index in [0.717, 1.165) is 5.69 Å². The Bertz CT molecular complexity index is 1120. The number of allylic oxidation sites excluding steroid dienone is 2. The number of hydrogen-bond acceptors (Lipinski definition) is 8. The second-order valence-electron chi connectivity index (χ2n) is 9.16. The van der Waals surface area contributed by atoms with Gasteiger partial charge in [0.05, 0.1) is 17.5 Å². The molecule has 170 valence electrons. The predicted molar refractivity (Wildman–Crippen MR) is 117 cm³/mol. The minimum atomic E-state index is -1.17. The van der Waals surface area contributed by atoms with E-state index in [4.69, 9.17) is 5.73 Å². The van der Waals surface area contributed by atoms with Crippen molar-refractivity contribution in [2.45, 2.75) is 18.9 Å². The average Bonchev–Trinajstić information content (AvgIpc) is 2.66. The molecule has 5 N–H and O–H groups in total. The van der Waals surface area contributed by atoms with Crippen LogP contribution >= 0.6 is 0 Å². The maximum atomic E-state index is 13.5. The third-order valence-electron chi connectivity index (χ3n) is 6.91. The average molecular weight is 441 g/mol. The number of phenolic OH excluding ortho intramolecular Hbond substituents is 1. The zero-order chi connectivity index (χ0) is 23.6. The molecule has 0 saturated carbocycles. The second-order valence-corrected chi connectivity index (χ2v) is 9.16. The van der Waals surface area contributed by atoms with E-state index >= 15 is 0 Å². The largest absolute Gasteiger partial charge is 0.511 e. The molecule has 3 aliphatic carbocycles. The van der Waals surface area contributed by atoms with Gasteiger partial charge in [0, 0.05) is 25.4 Å². The summed E-state index contributed by atoms with van der Waals surface area (Å²) < 4.78 is 0. The fourth-order valence-electron chi connectivity index (χ4n) is 5.67. The van der Waals surface area contributed by atoms with Gasteiger partial charge in [0.1, 0.15) is 22.8 Å². The van der Waals surface area contributed by atoms with E-state index in [1.165, 1.54) is 6.07 Å². The minimum absolute atomic E-state index is 0.0843. The molecule has 0 aliphatic heterocycles. The number of phenols is 1. The van der Waals surface area contributed by atoms with Crippen molar-refractivity contribution in [3.8, 4) is 5.75 Å². The highest BCUT2D eigenvalue weighted by atomic mass is 16.3. The Labute approximate surface area is 185 Å². The van der Waals surface area contributed by atoms with Crippen molar-refractivity contribution >= 4 is 23.2 Å². The van der Waals surface area contributed by atoms with Crippen molar-refractivity contribution in [2.24, 2.45) is 23.5 Å². The maximum absolute atomic E-state index is 13.5. The Kier molecular flexibility index (Phi) is 5.04. The van der Waals surface area contributed by atoms with Crippen molar-refractivity contribution in [3.05, 3.63) is 45.9 Å². The van der Waals surface area contributed by atoms with Gasteiger partial charge in [-0.25, -0.2) is 0 Å². The molecular formula is C23H27N3O6. The lowest BCUT2D eigenvalue weighted by Crippen LogP contribution is -2.53. The Balaban J connectivity index is 1.92. The molecule has 0 heterocycles. The maximum Gasteiger partial charge on any atom is 0.255 e. The Morgan fingerprint density at radius 2 is 1.72 bits per heavy atom. The summed E-state index contributed by atoms with van der Waals surface area (Å²) in [5, 5.41) is 32.4. The number of likely N-dealkylation sites (N-methyl/N-ethyl adjacent to an activating group) is 1. The number of benzene rings is 1. The molecule has 0 bridgehead atoms. The smallest absolute Gasteiger partial charge is 0.255 e. The number of aromatic hydroxyl groups is 1. The van der Waals surface area contributed by atoms with E-state index < -0.39 is 58.4 Å². The number of carbonyl (C=O) groups is 3. The van der Waals surface area contributed by atoms with Crippen LogP contribution in [0, 0.1) is 17.8 Å². The van der Waals surface area contributed by atoms with Gasteiger partial charge in [-0.05, 0) is 56.5 Å². The number of fused-ring (bicyclic) bond motifs is 3. The number of carbonyl (C=O) groups excluding carboxylic acids is 3. The van der Waals surface area contributed by atoms with Gasteiger partial charge in [0.15, 0.2) is 11.6 Å². The summed E-state index contributed by atoms with van der Waals surface area (Å²) in [6.07, 6.45) is 0.718. The number of primary amides is 1. The van der Waals surface area contributed by atoms with Gasteiger partial charge < -0.3 is 26.0 Å². The highest BCUT2D eigenvalue weighted by Crippen LogP contribution is 2.51. The number of aliphatic hydroxyl groups excluding tert-OH is 2. The minimum Gasteiger partial charge on any atom is -0.511 e. The van der Waals surface area contributed by atoms with Crippen LogP contribution < -0.4 is 10.6 Å². The summed E-state index contributed by atoms with van der Waals surface area (Å²) in [5.41, 5.74) is 6.49. The molecule has 1 aromatic rings. The molecule has 0 fully saturated rings. The predicted octanol–water partition coefficient (Wildman–Crippen LogP) is 1.07. The summed E-state index contributed by atoms with van der Waals surface area (Å²) in [4.78, 5) is 42.1. The first-order chi connectivity index (χ1) is 15.0. The molecule has 0 radical (unpaired) electrons. The third-order valence-corrected chi connectivity index (χ3v) is 6.91. The van der Waals surface area contributed by atoms with Gasteiger partial charge in [0.25, 0.3) is 5.91 Å². The second kappa shape index (κ2) is 7.37. The standard InChI is InChI=1S/C23H27N3O6/c1-25(2)12-5-6-13(27)15-10(12)7-9-8-11-16(20(29)14(9)19(15)28)21(30)17(23(24)32)22(31)18(11)26(3)4/h5-6,9,11,16,18,27,29,31H,7-8H2,1-4H3,(H2,24,32)/t9?,11?,16?,18-/m0/s1. The van der Waals surface area contributed by atoms with Crippen LogP contribution in [0.25, 0.3) is 0 Å². The van der Waals surface area contributed by atoms with Crippen molar-refractivity contribution in [3.63, 3.8) is 0 Å². The lowest BCUT2D eigenvalue weighted by molar-refractivity contribution is -0.127. The summed E-state index contributed by atoms with van der Waals surface area (Å²) in [5.74, 6) is -5.51. The van der Waals surface area contributed by atoms with Crippen LogP contribution in [0.5, 0.6) is 5.75 Å². The van der Waals surface area contributed by atoms with Gasteiger partial charge in [-0.1, -0.05) is 0 Å². The molecule has 9 nitrogen and oxygen atoms in total. The van der Waals surface area contributed by atoms with Crippen molar-refractivity contribution < 1.29 is 29.7 Å². The fourth-order valence-corrected chi connectivity index (χ4v) is 5.67. The lowest BCUT2D eigenvalue weighted by Gasteiger charge is -2.46. The first-order valence-corrected chi connectivity index (χ1v) is 10.4. The summed E-state index contributed by atoms with van der Waals surface area (Å²) in [6, 6.07) is 2.45. The normalized spacial score (nSPS) is 27.3. The van der Waals surface area contributed by atoms with Gasteiger partial charge >= 0.3 is 0 Å². The Hall–Kier alpha value is -3.33. The Morgan fingerprint density at radius 1 is 1.06 bits per heavy atom. The van der Waals surface area contributed by atoms with Gasteiger partial charge in [-0.3, -0.25) is 19.3 Å². The van der Waals surface area contributed by atoms with Crippen LogP contribution in [0.15, 0.2) is 34.8 Å². The number of aliphatic hydroxyl groups is 2. The molecule has 3 aliphatic rings. The molecule has 3 unspecified atom stereocenters. The van der Waals surface area contributed by atoms with Crippen LogP contribution in [-0.2, 0) is 16.0 Å². The van der Waals surface area contributed by atoms with Crippen LogP contribution in [0.4, 0.5) is 5.69 Å². The number of amides is 1. The number of ketones is 2. The summed E-state index contributed by atoms with van der Waals surface area (Å²) >= 11 is 0. The molecule has 0 aromatic heterocycles. The van der Waals surface area contributed by atoms with Crippen LogP contribution in [0.3, 0.4) is 0 Å². The van der Waals surface area contributed by atoms with Crippen LogP contribution in [-0.4, -0.2) is 71.9 Å². The summed E-state index contributed by atoms with van der Waals surface area (Å²) in [6.45, 7) is 0. The number of rotatable bonds is 3. The fraction of sp³-hybridized carbons (Fsp3) is 0.435. The molecule has 0 saturated heterocycles. The Morgan fingerprint density at radius 3 is 2.28 bits per heavy atom. The molecule has 0 spiro atoms. The number of hydrogen-bond donors (Lipinski definition) is 4. The number of nitrogens with two attached hydrogens (primary N) is 1. The molecular weight excluding hydrogens is 414 g/mol. The van der Waals surface area contributed by atoms with Gasteiger partial charge in [0.2, 0.25) is 0 Å². The molecule has 32 heavy (non-hydrogen) atoms. The quantitative estimate of drug-likeness (QED) is 0.510. The molecule has 1 aromatic carbocycles. The highest BCUT2D eigenvalue weighted by Gasteiger charge is 2.54. The zero-order valence-corrected chi connectivity index (χ0v) is 18.4. The molecule has 4 atom stereocenters. The molecule has 1 amide bonds. The first kappa shape index (κ1) is 21.9. The van der Waals surface area contributed by atoms with Crippen molar-refractivity contribution in [2.75, 3.05) is 33.1 Å². The third kappa shape index (κ3) is 2.91. The topological polar surface area (TPSA) is 144 Å². The van der Waals surface area contributed by atoms with Gasteiger partial charge in [-0.15, -0.1) is 0 Å². The zero-order valence-electron chi connectivity index (χ0n) is 18.4. The molecule has 9 heteroatoms. The SMILES string of the molecule is CN(C)c1ccc(O)c2c1CC1CC3C(C(=O)C(C(N)=O)=C(O)[C@H]3N(C)C)C(O)=C1C2=O. The monoisotopic (exact) mass is 441 g/mol. The highest BCUT2D eigenvalue weighted by molar-refractivity contribution is 6.22. The van der Waals surface area contributed by atoms with Gasteiger partial charge in [-0.2, -0.15) is 0 Å². The van der Waals surface area contributed by atoms with E-state index in [-0.39, 0.29) is 16.9 Å².